The number of rotatable bonds is 1. The Balaban J connectivity index is 1.69. The molecule has 0 aliphatic carbocycles. The van der Waals surface area contributed by atoms with Crippen LogP contribution in [-0.4, -0.2) is 21.9 Å². The molecule has 2 unspecified atom stereocenters. The van der Waals surface area contributed by atoms with Crippen molar-refractivity contribution in [3.63, 3.8) is 0 Å². The summed E-state index contributed by atoms with van der Waals surface area (Å²) in [6.45, 7) is 0. The second-order valence-corrected chi connectivity index (χ2v) is 6.55. The largest absolute Gasteiger partial charge is 0.373 e. The smallest absolute Gasteiger partial charge is 0.188 e. The summed E-state index contributed by atoms with van der Waals surface area (Å²) in [5, 5.41) is 3.34. The quantitative estimate of drug-likeness (QED) is 0.815. The Morgan fingerprint density at radius 3 is 2.45 bits per heavy atom. The van der Waals surface area contributed by atoms with Crippen molar-refractivity contribution in [3.05, 3.63) is 59.7 Å². The zero-order valence-electron chi connectivity index (χ0n) is 10.5. The minimum absolute atomic E-state index is 0.00213. The maximum absolute atomic E-state index is 12.5. The summed E-state index contributed by atoms with van der Waals surface area (Å²) >= 11 is 7.27. The lowest BCUT2D eigenvalue weighted by molar-refractivity contribution is 0.0983. The van der Waals surface area contributed by atoms with Crippen molar-refractivity contribution in [1.82, 2.24) is 0 Å². The number of thioether (sulfide) groups is 1. The van der Waals surface area contributed by atoms with E-state index >= 15 is 0 Å². The van der Waals surface area contributed by atoms with Crippen LogP contribution >= 0.6 is 24.0 Å². The van der Waals surface area contributed by atoms with E-state index in [1.165, 1.54) is 4.90 Å². The molecule has 4 heteroatoms. The number of ketones is 1. The molecule has 2 aromatic rings. The molecule has 0 saturated carbocycles. The number of carbonyl (C=O) groups excluding carboxylic acids is 1. The van der Waals surface area contributed by atoms with Gasteiger partial charge in [0.05, 0.1) is 5.25 Å². The van der Waals surface area contributed by atoms with Crippen LogP contribution in [0.15, 0.2) is 53.4 Å². The molecule has 0 amide bonds. The Hall–Kier alpha value is -1.65. The molecule has 0 radical (unpaired) electrons. The van der Waals surface area contributed by atoms with Crippen molar-refractivity contribution < 1.29 is 4.79 Å². The fraction of sp³-hybridized carbons (Fsp3) is 0.125. The molecule has 0 saturated heterocycles. The van der Waals surface area contributed by atoms with Crippen LogP contribution < -0.4 is 5.32 Å². The number of hydrogen-bond acceptors (Lipinski definition) is 4. The average molecular weight is 297 g/mol. The van der Waals surface area contributed by atoms with Crippen molar-refractivity contribution >= 4 is 40.3 Å². The van der Waals surface area contributed by atoms with E-state index in [1.807, 2.05) is 42.5 Å². The summed E-state index contributed by atoms with van der Waals surface area (Å²) in [6.07, 6.45) is 0. The highest BCUT2D eigenvalue weighted by atomic mass is 32.2. The lowest BCUT2D eigenvalue weighted by Crippen LogP contribution is -2.37. The Labute approximate surface area is 126 Å². The zero-order valence-corrected chi connectivity index (χ0v) is 12.1. The summed E-state index contributed by atoms with van der Waals surface area (Å²) < 4.78 is 0. The van der Waals surface area contributed by atoms with E-state index in [-0.39, 0.29) is 17.1 Å². The first kappa shape index (κ1) is 12.1. The first-order valence-electron chi connectivity index (χ1n) is 6.45. The van der Waals surface area contributed by atoms with Crippen LogP contribution in [0.4, 0.5) is 5.69 Å². The van der Waals surface area contributed by atoms with E-state index < -0.39 is 0 Å². The minimum atomic E-state index is -0.252. The third kappa shape index (κ3) is 1.65. The SMILES string of the molecule is O=C1c2ccccc2NC1C1Sc2ccccc2C1=S. The first-order valence-corrected chi connectivity index (χ1v) is 7.74. The third-order valence-electron chi connectivity index (χ3n) is 3.75. The molecule has 2 atom stereocenters. The number of benzene rings is 2. The molecule has 0 spiro atoms. The topological polar surface area (TPSA) is 29.1 Å². The zero-order chi connectivity index (χ0) is 13.7. The van der Waals surface area contributed by atoms with Crippen molar-refractivity contribution in [3.8, 4) is 0 Å². The standard InChI is InChI=1S/C16H11NOS2/c18-14-9-5-1-3-7-11(9)17-13(14)16-15(19)10-6-2-4-8-12(10)20-16/h1-8,13,16-17H. The molecule has 2 nitrogen and oxygen atoms in total. The van der Waals surface area contributed by atoms with Crippen LogP contribution in [-0.2, 0) is 0 Å². The maximum Gasteiger partial charge on any atom is 0.188 e. The van der Waals surface area contributed by atoms with Gasteiger partial charge in [-0.25, -0.2) is 0 Å². The van der Waals surface area contributed by atoms with Gasteiger partial charge in [-0.2, -0.15) is 0 Å². The minimum Gasteiger partial charge on any atom is -0.373 e. The molecule has 2 aliphatic rings. The summed E-state index contributed by atoms with van der Waals surface area (Å²) in [5.74, 6) is 0.147. The number of para-hydroxylation sites is 1. The molecule has 2 aromatic carbocycles. The first-order chi connectivity index (χ1) is 9.75. The van der Waals surface area contributed by atoms with Gasteiger partial charge < -0.3 is 5.32 Å². The van der Waals surface area contributed by atoms with Crippen molar-refractivity contribution in [2.45, 2.75) is 16.2 Å². The van der Waals surface area contributed by atoms with Gasteiger partial charge in [-0.15, -0.1) is 11.8 Å². The van der Waals surface area contributed by atoms with Crippen LogP contribution in [0.1, 0.15) is 15.9 Å². The molecular weight excluding hydrogens is 286 g/mol. The van der Waals surface area contributed by atoms with Crippen LogP contribution in [0.2, 0.25) is 0 Å². The monoisotopic (exact) mass is 297 g/mol. The predicted molar refractivity (Wildman–Crippen MR) is 86.0 cm³/mol. The molecule has 0 fully saturated rings. The molecule has 20 heavy (non-hydrogen) atoms. The van der Waals surface area contributed by atoms with Gasteiger partial charge >= 0.3 is 0 Å². The summed E-state index contributed by atoms with van der Waals surface area (Å²) in [4.78, 5) is 14.6. The average Bonchev–Trinajstić information content (AvgIpc) is 2.98. The highest BCUT2D eigenvalue weighted by Crippen LogP contribution is 2.42. The summed E-state index contributed by atoms with van der Waals surface area (Å²) in [7, 11) is 0. The van der Waals surface area contributed by atoms with Gasteiger partial charge in [-0.3, -0.25) is 4.79 Å². The highest BCUT2D eigenvalue weighted by molar-refractivity contribution is 8.03. The third-order valence-corrected chi connectivity index (χ3v) is 5.75. The molecular formula is C16H11NOS2. The summed E-state index contributed by atoms with van der Waals surface area (Å²) in [5.41, 5.74) is 2.79. The molecule has 1 N–H and O–H groups in total. The van der Waals surface area contributed by atoms with Crippen LogP contribution in [0.25, 0.3) is 0 Å². The van der Waals surface area contributed by atoms with Gasteiger partial charge in [-0.1, -0.05) is 42.5 Å². The van der Waals surface area contributed by atoms with Crippen LogP contribution in [0, 0.1) is 0 Å². The normalized spacial score (nSPS) is 23.4. The van der Waals surface area contributed by atoms with E-state index in [0.29, 0.717) is 0 Å². The van der Waals surface area contributed by atoms with Gasteiger partial charge in [-0.05, 0) is 18.2 Å². The fourth-order valence-corrected chi connectivity index (χ4v) is 4.59. The predicted octanol–water partition coefficient (Wildman–Crippen LogP) is 3.56. The number of thiocarbonyl (C=S) groups is 1. The Morgan fingerprint density at radius 2 is 1.70 bits per heavy atom. The molecule has 4 rings (SSSR count). The molecule has 0 bridgehead atoms. The maximum atomic E-state index is 12.5. The second-order valence-electron chi connectivity index (χ2n) is 4.93. The van der Waals surface area contributed by atoms with E-state index in [4.69, 9.17) is 12.2 Å². The van der Waals surface area contributed by atoms with Gasteiger partial charge in [0.15, 0.2) is 5.78 Å². The highest BCUT2D eigenvalue weighted by Gasteiger charge is 2.41. The van der Waals surface area contributed by atoms with Crippen molar-refractivity contribution in [1.29, 1.82) is 0 Å². The fourth-order valence-electron chi connectivity index (χ4n) is 2.77. The number of carbonyl (C=O) groups is 1. The Bertz CT molecular complexity index is 677. The molecule has 0 aromatic heterocycles. The van der Waals surface area contributed by atoms with Gasteiger partial charge in [0.1, 0.15) is 6.04 Å². The summed E-state index contributed by atoms with van der Waals surface area (Å²) in [6, 6.07) is 15.5. The van der Waals surface area contributed by atoms with E-state index in [0.717, 1.165) is 21.7 Å². The van der Waals surface area contributed by atoms with Crippen LogP contribution in [0.5, 0.6) is 0 Å². The number of fused-ring (bicyclic) bond motifs is 2. The lowest BCUT2D eigenvalue weighted by atomic mass is 10.0. The molecule has 2 aliphatic heterocycles. The lowest BCUT2D eigenvalue weighted by Gasteiger charge is -2.17. The Morgan fingerprint density at radius 1 is 1.00 bits per heavy atom. The number of Topliss-reactive ketones (excluding diaryl/α,β-unsaturated/α-hetero) is 1. The van der Waals surface area contributed by atoms with Crippen LogP contribution in [0.3, 0.4) is 0 Å². The van der Waals surface area contributed by atoms with Gasteiger partial charge in [0, 0.05) is 26.6 Å². The van der Waals surface area contributed by atoms with E-state index in [1.54, 1.807) is 11.8 Å². The van der Waals surface area contributed by atoms with Gasteiger partial charge in [0.2, 0.25) is 0 Å². The van der Waals surface area contributed by atoms with Crippen molar-refractivity contribution in [2.24, 2.45) is 0 Å². The van der Waals surface area contributed by atoms with Gasteiger partial charge in [0.25, 0.3) is 0 Å². The Kier molecular flexibility index (Phi) is 2.69. The number of anilines is 1. The van der Waals surface area contributed by atoms with E-state index in [2.05, 4.69) is 11.4 Å². The molecule has 2 heterocycles. The number of hydrogen-bond donors (Lipinski definition) is 1. The second kappa shape index (κ2) is 4.43. The van der Waals surface area contributed by atoms with E-state index in [9.17, 15) is 4.79 Å². The van der Waals surface area contributed by atoms with Crippen molar-refractivity contribution in [2.75, 3.05) is 5.32 Å². The number of nitrogens with one attached hydrogen (secondary N) is 1. The molecule has 98 valence electrons.